The molecule has 0 saturated carbocycles. The molecular formula is C13H17NO2. The van der Waals surface area contributed by atoms with Gasteiger partial charge in [0.15, 0.2) is 0 Å². The van der Waals surface area contributed by atoms with Crippen molar-refractivity contribution in [1.29, 1.82) is 0 Å². The molecule has 0 unspecified atom stereocenters. The Bertz CT molecular complexity index is 412. The monoisotopic (exact) mass is 219 g/mol. The average molecular weight is 219 g/mol. The highest BCUT2D eigenvalue weighted by Gasteiger charge is 2.33. The van der Waals surface area contributed by atoms with Crippen LogP contribution < -0.4 is 10.1 Å². The van der Waals surface area contributed by atoms with Gasteiger partial charge in [0.2, 0.25) is 6.41 Å². The Morgan fingerprint density at radius 2 is 2.25 bits per heavy atom. The summed E-state index contributed by atoms with van der Waals surface area (Å²) in [6.07, 6.45) is 1.56. The van der Waals surface area contributed by atoms with Crippen molar-refractivity contribution in [3.63, 3.8) is 0 Å². The van der Waals surface area contributed by atoms with Gasteiger partial charge in [-0.05, 0) is 26.8 Å². The van der Waals surface area contributed by atoms with E-state index in [1.54, 1.807) is 0 Å². The fraction of sp³-hybridized carbons (Fsp3) is 0.462. The molecule has 1 atom stereocenters. The number of rotatable bonds is 2. The molecule has 3 nitrogen and oxygen atoms in total. The number of amides is 1. The van der Waals surface area contributed by atoms with Crippen LogP contribution in [0.1, 0.15) is 37.4 Å². The van der Waals surface area contributed by atoms with E-state index in [-0.39, 0.29) is 11.6 Å². The Hall–Kier alpha value is -1.51. The first kappa shape index (κ1) is 11.0. The topological polar surface area (TPSA) is 38.3 Å². The van der Waals surface area contributed by atoms with E-state index in [0.717, 1.165) is 24.1 Å². The maximum absolute atomic E-state index is 10.6. The highest BCUT2D eigenvalue weighted by atomic mass is 16.5. The molecule has 0 radical (unpaired) electrons. The zero-order valence-corrected chi connectivity index (χ0v) is 9.91. The summed E-state index contributed by atoms with van der Waals surface area (Å²) in [7, 11) is 0. The first-order valence-electron chi connectivity index (χ1n) is 5.51. The zero-order chi connectivity index (χ0) is 11.8. The molecule has 2 rings (SSSR count). The van der Waals surface area contributed by atoms with E-state index in [0.29, 0.717) is 0 Å². The summed E-state index contributed by atoms with van der Waals surface area (Å²) in [6, 6.07) is 6.13. The fourth-order valence-corrected chi connectivity index (χ4v) is 2.20. The molecule has 1 amide bonds. The van der Waals surface area contributed by atoms with Crippen molar-refractivity contribution < 1.29 is 9.53 Å². The number of hydrogen-bond acceptors (Lipinski definition) is 2. The molecule has 1 aromatic rings. The molecule has 0 fully saturated rings. The van der Waals surface area contributed by atoms with Gasteiger partial charge in [0, 0.05) is 12.0 Å². The van der Waals surface area contributed by atoms with Gasteiger partial charge >= 0.3 is 0 Å². The molecule has 1 aromatic carbocycles. The maximum atomic E-state index is 10.6. The van der Waals surface area contributed by atoms with Gasteiger partial charge in [-0.2, -0.15) is 0 Å². The molecule has 0 bridgehead atoms. The third-order valence-corrected chi connectivity index (χ3v) is 2.89. The lowest BCUT2D eigenvalue weighted by molar-refractivity contribution is -0.110. The largest absolute Gasteiger partial charge is 0.487 e. The highest BCUT2D eigenvalue weighted by Crippen LogP contribution is 2.39. The van der Waals surface area contributed by atoms with Gasteiger partial charge < -0.3 is 10.1 Å². The number of hydrogen-bond donors (Lipinski definition) is 1. The normalized spacial score (nSPS) is 21.8. The van der Waals surface area contributed by atoms with E-state index < -0.39 is 0 Å². The van der Waals surface area contributed by atoms with Crippen LogP contribution in [0.4, 0.5) is 0 Å². The number of fused-ring (bicyclic) bond motifs is 1. The summed E-state index contributed by atoms with van der Waals surface area (Å²) in [6.45, 7) is 6.11. The summed E-state index contributed by atoms with van der Waals surface area (Å²) in [5.41, 5.74) is 2.02. The molecule has 1 aliphatic rings. The van der Waals surface area contributed by atoms with E-state index in [1.807, 2.05) is 32.9 Å². The molecule has 86 valence electrons. The lowest BCUT2D eigenvalue weighted by Gasteiger charge is -2.37. The van der Waals surface area contributed by atoms with Crippen molar-refractivity contribution in [2.75, 3.05) is 0 Å². The summed E-state index contributed by atoms with van der Waals surface area (Å²) >= 11 is 0. The van der Waals surface area contributed by atoms with Gasteiger partial charge in [-0.3, -0.25) is 4.79 Å². The van der Waals surface area contributed by atoms with Crippen molar-refractivity contribution in [1.82, 2.24) is 5.32 Å². The standard InChI is InChI=1S/C13H17NO2/c1-9-4-5-12-10(6-9)11(14-8-15)7-13(2,3)16-12/h4-6,8,11H,7H2,1-3H3,(H,14,15)/t11-/m0/s1. The Morgan fingerprint density at radius 1 is 1.50 bits per heavy atom. The van der Waals surface area contributed by atoms with Crippen molar-refractivity contribution in [2.24, 2.45) is 0 Å². The van der Waals surface area contributed by atoms with Crippen molar-refractivity contribution in [3.05, 3.63) is 29.3 Å². The predicted molar refractivity (Wildman–Crippen MR) is 62.4 cm³/mol. The number of benzene rings is 1. The van der Waals surface area contributed by atoms with Crippen molar-refractivity contribution in [2.45, 2.75) is 38.8 Å². The second kappa shape index (κ2) is 3.81. The lowest BCUT2D eigenvalue weighted by atomic mass is 9.89. The minimum atomic E-state index is -0.233. The van der Waals surface area contributed by atoms with Crippen LogP contribution in [-0.4, -0.2) is 12.0 Å². The minimum absolute atomic E-state index is 0.0520. The minimum Gasteiger partial charge on any atom is -0.487 e. The van der Waals surface area contributed by atoms with Crippen LogP contribution in [0.3, 0.4) is 0 Å². The molecule has 0 aromatic heterocycles. The molecule has 1 heterocycles. The predicted octanol–water partition coefficient (Wildman–Crippen LogP) is 2.34. The Labute approximate surface area is 95.8 Å². The number of carbonyl (C=O) groups is 1. The van der Waals surface area contributed by atoms with Crippen LogP contribution in [0.25, 0.3) is 0 Å². The molecule has 3 heteroatoms. The van der Waals surface area contributed by atoms with E-state index in [2.05, 4.69) is 11.4 Å². The van der Waals surface area contributed by atoms with Crippen molar-refractivity contribution in [3.8, 4) is 5.75 Å². The summed E-state index contributed by atoms with van der Waals surface area (Å²) in [5.74, 6) is 0.876. The third kappa shape index (κ3) is 2.03. The maximum Gasteiger partial charge on any atom is 0.207 e. The van der Waals surface area contributed by atoms with E-state index in [9.17, 15) is 4.79 Å². The van der Waals surface area contributed by atoms with E-state index >= 15 is 0 Å². The van der Waals surface area contributed by atoms with E-state index in [1.165, 1.54) is 5.56 Å². The number of ether oxygens (including phenoxy) is 1. The van der Waals surface area contributed by atoms with Crippen LogP contribution in [0, 0.1) is 6.92 Å². The van der Waals surface area contributed by atoms with Crippen LogP contribution in [0.2, 0.25) is 0 Å². The smallest absolute Gasteiger partial charge is 0.207 e. The molecule has 0 spiro atoms. The first-order valence-corrected chi connectivity index (χ1v) is 5.51. The highest BCUT2D eigenvalue weighted by molar-refractivity contribution is 5.50. The molecule has 0 saturated heterocycles. The first-order chi connectivity index (χ1) is 7.52. The van der Waals surface area contributed by atoms with Gasteiger partial charge in [0.05, 0.1) is 6.04 Å². The second-order valence-electron chi connectivity index (χ2n) is 4.94. The molecule has 1 N–H and O–H groups in total. The molecule has 0 aliphatic carbocycles. The molecular weight excluding hydrogens is 202 g/mol. The lowest BCUT2D eigenvalue weighted by Crippen LogP contribution is -2.39. The third-order valence-electron chi connectivity index (χ3n) is 2.89. The SMILES string of the molecule is Cc1ccc2c(c1)[C@@H](NC=O)CC(C)(C)O2. The fourth-order valence-electron chi connectivity index (χ4n) is 2.20. The van der Waals surface area contributed by atoms with Crippen LogP contribution >= 0.6 is 0 Å². The molecule has 16 heavy (non-hydrogen) atoms. The van der Waals surface area contributed by atoms with Crippen LogP contribution in [0.15, 0.2) is 18.2 Å². The van der Waals surface area contributed by atoms with Gasteiger partial charge in [-0.25, -0.2) is 0 Å². The van der Waals surface area contributed by atoms with Crippen LogP contribution in [-0.2, 0) is 4.79 Å². The van der Waals surface area contributed by atoms with E-state index in [4.69, 9.17) is 4.74 Å². The number of carbonyl (C=O) groups excluding carboxylic acids is 1. The Balaban J connectivity index is 2.42. The zero-order valence-electron chi connectivity index (χ0n) is 9.91. The number of nitrogens with one attached hydrogen (secondary N) is 1. The van der Waals surface area contributed by atoms with Gasteiger partial charge in [-0.15, -0.1) is 0 Å². The molecule has 1 aliphatic heterocycles. The van der Waals surface area contributed by atoms with Crippen molar-refractivity contribution >= 4 is 6.41 Å². The number of aryl methyl sites for hydroxylation is 1. The van der Waals surface area contributed by atoms with Gasteiger partial charge in [-0.1, -0.05) is 17.7 Å². The van der Waals surface area contributed by atoms with Gasteiger partial charge in [0.25, 0.3) is 0 Å². The summed E-state index contributed by atoms with van der Waals surface area (Å²) in [5, 5.41) is 2.86. The van der Waals surface area contributed by atoms with Gasteiger partial charge in [0.1, 0.15) is 11.4 Å². The van der Waals surface area contributed by atoms with Crippen LogP contribution in [0.5, 0.6) is 5.75 Å². The average Bonchev–Trinajstić information content (AvgIpc) is 2.18. The Kier molecular flexibility index (Phi) is 2.62. The Morgan fingerprint density at radius 3 is 2.94 bits per heavy atom. The summed E-state index contributed by atoms with van der Waals surface area (Å²) in [4.78, 5) is 10.6. The summed E-state index contributed by atoms with van der Waals surface area (Å²) < 4.78 is 5.89. The quantitative estimate of drug-likeness (QED) is 0.775. The second-order valence-corrected chi connectivity index (χ2v) is 4.94.